The van der Waals surface area contributed by atoms with Crippen molar-refractivity contribution in [2.75, 3.05) is 44.4 Å². The molecular formula is C17H25N3O3S. The average molecular weight is 351 g/mol. The first kappa shape index (κ1) is 18.8. The standard InChI is InChI=1S/C17H25N3O3S/c18-16(21)13-24-11-6-17(22)19-12-15(14-4-2-1-3-5-14)20-7-9-23-10-8-20/h1-5,15H,6-13H2,(H2,18,21)(H,19,22). The molecule has 132 valence electrons. The maximum Gasteiger partial charge on any atom is 0.227 e. The lowest BCUT2D eigenvalue weighted by atomic mass is 10.0. The summed E-state index contributed by atoms with van der Waals surface area (Å²) < 4.78 is 5.43. The van der Waals surface area contributed by atoms with Crippen LogP contribution in [0.5, 0.6) is 0 Å². The minimum Gasteiger partial charge on any atom is -0.379 e. The van der Waals surface area contributed by atoms with Gasteiger partial charge in [0.1, 0.15) is 0 Å². The molecule has 1 atom stereocenters. The first-order valence-electron chi connectivity index (χ1n) is 8.16. The number of primary amides is 1. The number of amides is 2. The van der Waals surface area contributed by atoms with Crippen molar-refractivity contribution in [3.05, 3.63) is 35.9 Å². The third-order valence-electron chi connectivity index (χ3n) is 3.88. The average Bonchev–Trinajstić information content (AvgIpc) is 2.61. The van der Waals surface area contributed by atoms with Crippen LogP contribution in [0.25, 0.3) is 0 Å². The molecule has 1 unspecified atom stereocenters. The summed E-state index contributed by atoms with van der Waals surface area (Å²) in [6.45, 7) is 3.75. The molecule has 1 aromatic carbocycles. The number of nitrogens with one attached hydrogen (secondary N) is 1. The van der Waals surface area contributed by atoms with E-state index in [4.69, 9.17) is 10.5 Å². The van der Waals surface area contributed by atoms with Gasteiger partial charge in [0, 0.05) is 31.8 Å². The zero-order chi connectivity index (χ0) is 17.2. The van der Waals surface area contributed by atoms with Gasteiger partial charge in [-0.1, -0.05) is 30.3 Å². The lowest BCUT2D eigenvalue weighted by Crippen LogP contribution is -2.43. The van der Waals surface area contributed by atoms with Crippen LogP contribution in [0.15, 0.2) is 30.3 Å². The smallest absolute Gasteiger partial charge is 0.227 e. The summed E-state index contributed by atoms with van der Waals surface area (Å²) in [5, 5.41) is 3.02. The van der Waals surface area contributed by atoms with Crippen LogP contribution in [-0.2, 0) is 14.3 Å². The molecular weight excluding hydrogens is 326 g/mol. The predicted molar refractivity (Wildman–Crippen MR) is 95.7 cm³/mol. The summed E-state index contributed by atoms with van der Waals surface area (Å²) in [5.41, 5.74) is 6.28. The number of nitrogens with zero attached hydrogens (tertiary/aromatic N) is 1. The van der Waals surface area contributed by atoms with E-state index < -0.39 is 0 Å². The van der Waals surface area contributed by atoms with Crippen LogP contribution in [0.4, 0.5) is 0 Å². The fourth-order valence-electron chi connectivity index (χ4n) is 2.66. The Hall–Kier alpha value is -1.57. The van der Waals surface area contributed by atoms with Gasteiger partial charge in [0.25, 0.3) is 0 Å². The first-order chi connectivity index (χ1) is 11.7. The Balaban J connectivity index is 1.84. The number of benzene rings is 1. The highest BCUT2D eigenvalue weighted by Crippen LogP contribution is 2.21. The number of ether oxygens (including phenoxy) is 1. The third-order valence-corrected chi connectivity index (χ3v) is 4.86. The molecule has 1 aromatic rings. The van der Waals surface area contributed by atoms with E-state index >= 15 is 0 Å². The molecule has 1 aliphatic rings. The minimum absolute atomic E-state index is 0.00107. The van der Waals surface area contributed by atoms with Crippen molar-refractivity contribution < 1.29 is 14.3 Å². The molecule has 0 spiro atoms. The van der Waals surface area contributed by atoms with Crippen molar-refractivity contribution in [3.8, 4) is 0 Å². The number of nitrogens with two attached hydrogens (primary N) is 1. The van der Waals surface area contributed by atoms with Gasteiger partial charge in [0.2, 0.25) is 11.8 Å². The summed E-state index contributed by atoms with van der Waals surface area (Å²) in [7, 11) is 0. The van der Waals surface area contributed by atoms with Gasteiger partial charge in [-0.15, -0.1) is 0 Å². The molecule has 1 saturated heterocycles. The Bertz CT molecular complexity index is 521. The molecule has 0 radical (unpaired) electrons. The highest BCUT2D eigenvalue weighted by molar-refractivity contribution is 7.99. The summed E-state index contributed by atoms with van der Waals surface area (Å²) in [5.74, 6) is 0.508. The molecule has 0 saturated carbocycles. The number of hydrogen-bond acceptors (Lipinski definition) is 5. The Kier molecular flexibility index (Phi) is 8.07. The van der Waals surface area contributed by atoms with E-state index in [9.17, 15) is 9.59 Å². The number of carbonyl (C=O) groups excluding carboxylic acids is 2. The molecule has 24 heavy (non-hydrogen) atoms. The maximum atomic E-state index is 12.0. The van der Waals surface area contributed by atoms with E-state index in [1.54, 1.807) is 0 Å². The predicted octanol–water partition coefficient (Wildman–Crippen LogP) is 0.785. The molecule has 7 heteroatoms. The number of hydrogen-bond donors (Lipinski definition) is 2. The lowest BCUT2D eigenvalue weighted by molar-refractivity contribution is -0.121. The highest BCUT2D eigenvalue weighted by atomic mass is 32.2. The van der Waals surface area contributed by atoms with Crippen LogP contribution < -0.4 is 11.1 Å². The molecule has 0 bridgehead atoms. The van der Waals surface area contributed by atoms with E-state index in [1.165, 1.54) is 17.3 Å². The van der Waals surface area contributed by atoms with Gasteiger partial charge in [-0.2, -0.15) is 11.8 Å². The van der Waals surface area contributed by atoms with Gasteiger partial charge in [0.15, 0.2) is 0 Å². The van der Waals surface area contributed by atoms with Crippen LogP contribution in [0, 0.1) is 0 Å². The van der Waals surface area contributed by atoms with E-state index in [-0.39, 0.29) is 23.6 Å². The monoisotopic (exact) mass is 351 g/mol. The Morgan fingerprint density at radius 3 is 2.62 bits per heavy atom. The van der Waals surface area contributed by atoms with Crippen molar-refractivity contribution in [1.82, 2.24) is 10.2 Å². The molecule has 3 N–H and O–H groups in total. The normalized spacial score (nSPS) is 16.5. The third kappa shape index (κ3) is 6.51. The second-order valence-electron chi connectivity index (χ2n) is 5.65. The van der Waals surface area contributed by atoms with Gasteiger partial charge >= 0.3 is 0 Å². The summed E-state index contributed by atoms with van der Waals surface area (Å²) >= 11 is 1.39. The van der Waals surface area contributed by atoms with Gasteiger partial charge in [-0.3, -0.25) is 14.5 Å². The zero-order valence-electron chi connectivity index (χ0n) is 13.8. The topological polar surface area (TPSA) is 84.7 Å². The van der Waals surface area contributed by atoms with Crippen molar-refractivity contribution >= 4 is 23.6 Å². The van der Waals surface area contributed by atoms with E-state index in [1.807, 2.05) is 18.2 Å². The van der Waals surface area contributed by atoms with Gasteiger partial charge in [-0.25, -0.2) is 0 Å². The number of morpholine rings is 1. The Labute approximate surface area is 147 Å². The molecule has 0 aromatic heterocycles. The van der Waals surface area contributed by atoms with E-state index in [2.05, 4.69) is 22.3 Å². The highest BCUT2D eigenvalue weighted by Gasteiger charge is 2.22. The lowest BCUT2D eigenvalue weighted by Gasteiger charge is -2.35. The molecule has 1 aliphatic heterocycles. The number of thioether (sulfide) groups is 1. The molecule has 0 aliphatic carbocycles. The molecule has 6 nitrogen and oxygen atoms in total. The van der Waals surface area contributed by atoms with Crippen molar-refractivity contribution in [2.24, 2.45) is 5.73 Å². The van der Waals surface area contributed by atoms with Crippen LogP contribution in [0.2, 0.25) is 0 Å². The second-order valence-corrected chi connectivity index (χ2v) is 6.75. The molecule has 2 rings (SSSR count). The minimum atomic E-state index is -0.350. The SMILES string of the molecule is NC(=O)CSCCC(=O)NCC(c1ccccc1)N1CCOCC1. The zero-order valence-corrected chi connectivity index (χ0v) is 14.6. The van der Waals surface area contributed by atoms with Crippen LogP contribution >= 0.6 is 11.8 Å². The fourth-order valence-corrected chi connectivity index (χ4v) is 3.33. The van der Waals surface area contributed by atoms with Gasteiger partial charge in [-0.05, 0) is 5.56 Å². The Morgan fingerprint density at radius 2 is 1.96 bits per heavy atom. The van der Waals surface area contributed by atoms with E-state index in [0.29, 0.717) is 18.7 Å². The van der Waals surface area contributed by atoms with Crippen LogP contribution in [0.1, 0.15) is 18.0 Å². The molecule has 1 heterocycles. The second kappa shape index (κ2) is 10.3. The summed E-state index contributed by atoms with van der Waals surface area (Å²) in [4.78, 5) is 25.0. The first-order valence-corrected chi connectivity index (χ1v) is 9.32. The van der Waals surface area contributed by atoms with Crippen molar-refractivity contribution in [2.45, 2.75) is 12.5 Å². The van der Waals surface area contributed by atoms with Crippen molar-refractivity contribution in [1.29, 1.82) is 0 Å². The summed E-state index contributed by atoms with van der Waals surface area (Å²) in [6, 6.07) is 10.4. The quantitative estimate of drug-likeness (QED) is 0.643. The Morgan fingerprint density at radius 1 is 1.25 bits per heavy atom. The van der Waals surface area contributed by atoms with Crippen molar-refractivity contribution in [3.63, 3.8) is 0 Å². The summed E-state index contributed by atoms with van der Waals surface area (Å²) in [6.07, 6.45) is 0.391. The molecule has 1 fully saturated rings. The van der Waals surface area contributed by atoms with E-state index in [0.717, 1.165) is 26.3 Å². The van der Waals surface area contributed by atoms with Crippen LogP contribution in [-0.4, -0.2) is 61.1 Å². The fraction of sp³-hybridized carbons (Fsp3) is 0.529. The van der Waals surface area contributed by atoms with Gasteiger partial charge in [0.05, 0.1) is 25.0 Å². The molecule has 2 amide bonds. The number of carbonyl (C=O) groups is 2. The largest absolute Gasteiger partial charge is 0.379 e. The van der Waals surface area contributed by atoms with Gasteiger partial charge < -0.3 is 15.8 Å². The van der Waals surface area contributed by atoms with Crippen LogP contribution in [0.3, 0.4) is 0 Å². The number of rotatable bonds is 9. The maximum absolute atomic E-state index is 12.0.